The number of benzene rings is 3. The van der Waals surface area contributed by atoms with E-state index in [9.17, 15) is 26.7 Å². The highest BCUT2D eigenvalue weighted by Crippen LogP contribution is 2.33. The largest absolute Gasteiger partial charge is 0.494 e. The molecule has 0 atom stereocenters. The fourth-order valence-electron chi connectivity index (χ4n) is 4.41. The average molecular weight is 556 g/mol. The first-order valence-corrected chi connectivity index (χ1v) is 12.1. The van der Waals surface area contributed by atoms with Crippen LogP contribution in [0.3, 0.4) is 0 Å². The highest BCUT2D eigenvalue weighted by molar-refractivity contribution is 5.84. The van der Waals surface area contributed by atoms with Gasteiger partial charge < -0.3 is 13.8 Å². The van der Waals surface area contributed by atoms with E-state index in [1.54, 1.807) is 30.5 Å². The maximum atomic E-state index is 14.7. The van der Waals surface area contributed by atoms with Gasteiger partial charge in [-0.1, -0.05) is 29.4 Å². The summed E-state index contributed by atoms with van der Waals surface area (Å²) in [6.45, 7) is 3.63. The van der Waals surface area contributed by atoms with Crippen molar-refractivity contribution in [3.8, 4) is 17.1 Å². The topological polar surface area (TPSA) is 70.2 Å². The SMILES string of the molecule is COc1cc2c(cc1F)c(=O)c(-c1noc(C(C)(C)c3ccc(F)cc3)n1)cn2Cc1ccc(C(F)(F)F)cc1. The number of methoxy groups -OCH3 is 1. The third-order valence-electron chi connectivity index (χ3n) is 6.76. The van der Waals surface area contributed by atoms with Crippen LogP contribution in [0.25, 0.3) is 22.3 Å². The molecule has 5 rings (SSSR count). The minimum atomic E-state index is -4.49. The van der Waals surface area contributed by atoms with Crippen molar-refractivity contribution in [3.05, 3.63) is 111 Å². The molecule has 2 aromatic heterocycles. The van der Waals surface area contributed by atoms with E-state index in [4.69, 9.17) is 9.26 Å². The second-order valence-electron chi connectivity index (χ2n) is 9.75. The van der Waals surface area contributed by atoms with Gasteiger partial charge in [0.15, 0.2) is 11.6 Å². The first-order chi connectivity index (χ1) is 18.9. The maximum Gasteiger partial charge on any atom is 0.416 e. The number of hydrogen-bond acceptors (Lipinski definition) is 5. The molecule has 5 aromatic rings. The van der Waals surface area contributed by atoms with Gasteiger partial charge in [-0.25, -0.2) is 8.78 Å². The lowest BCUT2D eigenvalue weighted by atomic mass is 9.84. The summed E-state index contributed by atoms with van der Waals surface area (Å²) in [5.74, 6) is -1.18. The van der Waals surface area contributed by atoms with Crippen LogP contribution in [-0.4, -0.2) is 21.8 Å². The second kappa shape index (κ2) is 9.89. The van der Waals surface area contributed by atoms with E-state index < -0.39 is 34.2 Å². The van der Waals surface area contributed by atoms with Gasteiger partial charge in [0, 0.05) is 24.2 Å². The highest BCUT2D eigenvalue weighted by atomic mass is 19.4. The number of rotatable bonds is 6. The van der Waals surface area contributed by atoms with E-state index in [0.717, 1.165) is 18.2 Å². The van der Waals surface area contributed by atoms with Crippen LogP contribution < -0.4 is 10.2 Å². The molecule has 40 heavy (non-hydrogen) atoms. The van der Waals surface area contributed by atoms with E-state index in [2.05, 4.69) is 10.1 Å². The standard InChI is InChI=1S/C29H22F5N3O3/c1-28(2,17-8-10-19(30)11-9-17)27-35-26(36-40-27)21-15-37(14-16-4-6-18(7-5-16)29(32,33)34)23-13-24(39-3)22(31)12-20(23)25(21)38/h4-13,15H,14H2,1-3H3. The summed E-state index contributed by atoms with van der Waals surface area (Å²) in [4.78, 5) is 17.9. The number of fused-ring (bicyclic) bond motifs is 1. The number of alkyl halides is 3. The van der Waals surface area contributed by atoms with Crippen molar-refractivity contribution in [2.45, 2.75) is 32.0 Å². The van der Waals surface area contributed by atoms with Gasteiger partial charge in [-0.15, -0.1) is 0 Å². The zero-order valence-corrected chi connectivity index (χ0v) is 21.5. The first-order valence-electron chi connectivity index (χ1n) is 12.1. The Labute approximate surface area is 224 Å². The number of hydrogen-bond donors (Lipinski definition) is 0. The Morgan fingerprint density at radius 2 is 1.60 bits per heavy atom. The zero-order valence-electron chi connectivity index (χ0n) is 21.5. The van der Waals surface area contributed by atoms with Gasteiger partial charge in [0.25, 0.3) is 0 Å². The molecule has 0 N–H and O–H groups in total. The minimum absolute atomic E-state index is 0.00566. The number of pyridine rings is 1. The molecule has 0 amide bonds. The van der Waals surface area contributed by atoms with Crippen LogP contribution in [0.4, 0.5) is 22.0 Å². The van der Waals surface area contributed by atoms with Gasteiger partial charge in [-0.05, 0) is 55.3 Å². The van der Waals surface area contributed by atoms with Crippen LogP contribution in [0.15, 0.2) is 76.2 Å². The van der Waals surface area contributed by atoms with Crippen molar-refractivity contribution in [2.75, 3.05) is 7.11 Å². The molecule has 0 aliphatic carbocycles. The second-order valence-corrected chi connectivity index (χ2v) is 9.75. The van der Waals surface area contributed by atoms with Gasteiger partial charge in [-0.2, -0.15) is 18.2 Å². The number of halogens is 5. The van der Waals surface area contributed by atoms with Crippen molar-refractivity contribution in [1.82, 2.24) is 14.7 Å². The molecule has 0 aliphatic heterocycles. The third kappa shape index (κ3) is 4.94. The zero-order chi connectivity index (χ0) is 28.8. The average Bonchev–Trinajstić information content (AvgIpc) is 3.41. The van der Waals surface area contributed by atoms with Crippen LogP contribution in [0.1, 0.15) is 36.4 Å². The lowest BCUT2D eigenvalue weighted by Crippen LogP contribution is -2.19. The van der Waals surface area contributed by atoms with Gasteiger partial charge >= 0.3 is 6.18 Å². The molecular weight excluding hydrogens is 533 g/mol. The molecule has 0 saturated carbocycles. The van der Waals surface area contributed by atoms with Crippen molar-refractivity contribution in [2.24, 2.45) is 0 Å². The summed E-state index contributed by atoms with van der Waals surface area (Å²) in [6, 6.07) is 12.7. The fourth-order valence-corrected chi connectivity index (χ4v) is 4.41. The van der Waals surface area contributed by atoms with Gasteiger partial charge in [0.05, 0.1) is 29.2 Å². The molecular formula is C29H22F5N3O3. The molecule has 0 unspecified atom stereocenters. The van der Waals surface area contributed by atoms with Gasteiger partial charge in [0.2, 0.25) is 17.1 Å². The van der Waals surface area contributed by atoms with Crippen LogP contribution in [0.2, 0.25) is 0 Å². The quantitative estimate of drug-likeness (QED) is 0.217. The number of ether oxygens (including phenoxy) is 1. The Bertz CT molecular complexity index is 1760. The van der Waals surface area contributed by atoms with Gasteiger partial charge in [-0.3, -0.25) is 4.79 Å². The van der Waals surface area contributed by atoms with Crippen molar-refractivity contribution in [1.29, 1.82) is 0 Å². The highest BCUT2D eigenvalue weighted by Gasteiger charge is 2.31. The normalized spacial score (nSPS) is 12.2. The van der Waals surface area contributed by atoms with Crippen molar-refractivity contribution >= 4 is 10.9 Å². The van der Waals surface area contributed by atoms with Crippen LogP contribution >= 0.6 is 0 Å². The van der Waals surface area contributed by atoms with Crippen molar-refractivity contribution in [3.63, 3.8) is 0 Å². The number of nitrogens with zero attached hydrogens (tertiary/aromatic N) is 3. The van der Waals surface area contributed by atoms with E-state index in [1.165, 1.54) is 43.6 Å². The summed E-state index contributed by atoms with van der Waals surface area (Å²) >= 11 is 0. The Hall–Kier alpha value is -4.54. The molecule has 0 aliphatic rings. The summed E-state index contributed by atoms with van der Waals surface area (Å²) in [7, 11) is 1.28. The molecule has 0 bridgehead atoms. The molecule has 2 heterocycles. The maximum absolute atomic E-state index is 14.7. The lowest BCUT2D eigenvalue weighted by Gasteiger charge is -2.20. The molecule has 0 fully saturated rings. The molecule has 0 radical (unpaired) electrons. The monoisotopic (exact) mass is 555 g/mol. The number of aromatic nitrogens is 3. The Morgan fingerprint density at radius 3 is 2.23 bits per heavy atom. The van der Waals surface area contributed by atoms with E-state index in [0.29, 0.717) is 16.6 Å². The Balaban J connectivity index is 1.63. The molecule has 6 nitrogen and oxygen atoms in total. The first kappa shape index (κ1) is 27.0. The fraction of sp³-hybridized carbons (Fsp3) is 0.207. The summed E-state index contributed by atoms with van der Waals surface area (Å²) < 4.78 is 79.4. The van der Waals surface area contributed by atoms with Crippen molar-refractivity contribution < 1.29 is 31.2 Å². The Morgan fingerprint density at radius 1 is 0.950 bits per heavy atom. The molecule has 0 saturated heterocycles. The lowest BCUT2D eigenvalue weighted by molar-refractivity contribution is -0.137. The van der Waals surface area contributed by atoms with E-state index >= 15 is 0 Å². The molecule has 11 heteroatoms. The summed E-state index contributed by atoms with van der Waals surface area (Å²) in [5, 5.41) is 3.98. The van der Waals surface area contributed by atoms with Crippen LogP contribution in [0.5, 0.6) is 5.75 Å². The van der Waals surface area contributed by atoms with E-state index in [1.807, 2.05) is 0 Å². The minimum Gasteiger partial charge on any atom is -0.494 e. The molecule has 0 spiro atoms. The smallest absolute Gasteiger partial charge is 0.416 e. The predicted molar refractivity (Wildman–Crippen MR) is 137 cm³/mol. The van der Waals surface area contributed by atoms with Gasteiger partial charge in [0.1, 0.15) is 5.82 Å². The summed E-state index contributed by atoms with van der Waals surface area (Å²) in [6.07, 6.45) is -3.04. The third-order valence-corrected chi connectivity index (χ3v) is 6.76. The van der Waals surface area contributed by atoms with Crippen LogP contribution in [0, 0.1) is 11.6 Å². The molecule has 206 valence electrons. The predicted octanol–water partition coefficient (Wildman–Crippen LogP) is 6.73. The Kier molecular flexibility index (Phi) is 6.69. The molecule has 3 aromatic carbocycles. The summed E-state index contributed by atoms with van der Waals surface area (Å²) in [5.41, 5.74) is -0.735. The van der Waals surface area contributed by atoms with Crippen LogP contribution in [-0.2, 0) is 18.1 Å². The van der Waals surface area contributed by atoms with E-state index in [-0.39, 0.29) is 35.0 Å².